The SMILES string of the molecule is F.S.c1ccc(-c2ccccc2-c2ccc(C3CCCCC3)cc2)cc1. The van der Waals surface area contributed by atoms with E-state index in [-0.39, 0.29) is 18.2 Å². The molecule has 136 valence electrons. The summed E-state index contributed by atoms with van der Waals surface area (Å²) in [6.07, 6.45) is 6.92. The Hall–Kier alpha value is -2.06. The van der Waals surface area contributed by atoms with Crippen molar-refractivity contribution in [3.05, 3.63) is 84.4 Å². The summed E-state index contributed by atoms with van der Waals surface area (Å²) in [5.74, 6) is 0.775. The van der Waals surface area contributed by atoms with Crippen LogP contribution in [0.2, 0.25) is 0 Å². The molecular weight excluding hydrogens is 339 g/mol. The Morgan fingerprint density at radius 1 is 0.538 bits per heavy atom. The van der Waals surface area contributed by atoms with Crippen molar-refractivity contribution in [1.82, 2.24) is 0 Å². The average molecular weight is 367 g/mol. The lowest BCUT2D eigenvalue weighted by molar-refractivity contribution is 0.443. The Bertz CT molecular complexity index is 790. The van der Waals surface area contributed by atoms with E-state index in [1.165, 1.54) is 59.9 Å². The van der Waals surface area contributed by atoms with Crippen LogP contribution < -0.4 is 0 Å². The molecule has 0 saturated heterocycles. The maximum absolute atomic E-state index is 2.35. The molecule has 1 aliphatic rings. The summed E-state index contributed by atoms with van der Waals surface area (Å²) in [4.78, 5) is 0. The first-order chi connectivity index (χ1) is 11.9. The molecule has 0 bridgehead atoms. The molecule has 3 aromatic rings. The second-order valence-electron chi connectivity index (χ2n) is 6.87. The van der Waals surface area contributed by atoms with Gasteiger partial charge in [-0.25, -0.2) is 0 Å². The van der Waals surface area contributed by atoms with Gasteiger partial charge in [0.25, 0.3) is 0 Å². The molecule has 0 aromatic heterocycles. The van der Waals surface area contributed by atoms with Crippen LogP contribution in [0.3, 0.4) is 0 Å². The molecule has 0 nitrogen and oxygen atoms in total. The van der Waals surface area contributed by atoms with Crippen LogP contribution in [-0.2, 0) is 0 Å². The van der Waals surface area contributed by atoms with E-state index in [2.05, 4.69) is 78.9 Å². The molecule has 2 heteroatoms. The lowest BCUT2D eigenvalue weighted by Crippen LogP contribution is -2.04. The molecule has 1 aliphatic carbocycles. The fraction of sp³-hybridized carbons (Fsp3) is 0.250. The average Bonchev–Trinajstić information content (AvgIpc) is 2.69. The smallest absolute Gasteiger partial charge is 0.0105 e. The van der Waals surface area contributed by atoms with Gasteiger partial charge in [-0.2, -0.15) is 13.5 Å². The van der Waals surface area contributed by atoms with Crippen molar-refractivity contribution in [2.24, 2.45) is 0 Å². The van der Waals surface area contributed by atoms with Crippen LogP contribution in [0.4, 0.5) is 4.70 Å². The van der Waals surface area contributed by atoms with Crippen molar-refractivity contribution in [2.45, 2.75) is 38.0 Å². The van der Waals surface area contributed by atoms with E-state index in [0.29, 0.717) is 0 Å². The van der Waals surface area contributed by atoms with Gasteiger partial charge in [-0.1, -0.05) is 98.1 Å². The van der Waals surface area contributed by atoms with Gasteiger partial charge in [-0.15, -0.1) is 0 Å². The van der Waals surface area contributed by atoms with Gasteiger partial charge < -0.3 is 0 Å². The van der Waals surface area contributed by atoms with Gasteiger partial charge in [-0.05, 0) is 46.6 Å². The Labute approximate surface area is 163 Å². The Morgan fingerprint density at radius 3 is 1.62 bits per heavy atom. The lowest BCUT2D eigenvalue weighted by atomic mass is 9.83. The lowest BCUT2D eigenvalue weighted by Gasteiger charge is -2.22. The summed E-state index contributed by atoms with van der Waals surface area (Å²) >= 11 is 0. The van der Waals surface area contributed by atoms with Crippen LogP contribution in [0.15, 0.2) is 78.9 Å². The number of halogens is 1. The Morgan fingerprint density at radius 2 is 1.04 bits per heavy atom. The highest BCUT2D eigenvalue weighted by atomic mass is 32.1. The second kappa shape index (κ2) is 9.59. The number of benzene rings is 3. The fourth-order valence-corrected chi connectivity index (χ4v) is 3.98. The zero-order chi connectivity index (χ0) is 16.2. The van der Waals surface area contributed by atoms with Crippen molar-refractivity contribution in [1.29, 1.82) is 0 Å². The van der Waals surface area contributed by atoms with Crippen molar-refractivity contribution in [3.8, 4) is 22.3 Å². The zero-order valence-electron chi connectivity index (χ0n) is 15.0. The van der Waals surface area contributed by atoms with Crippen molar-refractivity contribution >= 4 is 13.5 Å². The Kier molecular flexibility index (Phi) is 7.47. The molecular formula is C24H27FS. The first-order valence-electron chi connectivity index (χ1n) is 9.16. The molecule has 1 saturated carbocycles. The van der Waals surface area contributed by atoms with Crippen LogP contribution >= 0.6 is 13.5 Å². The Balaban J connectivity index is 0.00000121. The van der Waals surface area contributed by atoms with Crippen LogP contribution in [-0.4, -0.2) is 0 Å². The van der Waals surface area contributed by atoms with E-state index in [9.17, 15) is 0 Å². The van der Waals surface area contributed by atoms with Gasteiger partial charge in [0, 0.05) is 0 Å². The number of rotatable bonds is 3. The molecule has 0 atom stereocenters. The predicted octanol–water partition coefficient (Wildman–Crippen LogP) is 7.33. The third-order valence-electron chi connectivity index (χ3n) is 5.31. The fourth-order valence-electron chi connectivity index (χ4n) is 3.98. The van der Waals surface area contributed by atoms with Crippen molar-refractivity contribution < 1.29 is 4.70 Å². The molecule has 0 N–H and O–H groups in total. The summed E-state index contributed by atoms with van der Waals surface area (Å²) in [6, 6.07) is 28.7. The summed E-state index contributed by atoms with van der Waals surface area (Å²) in [6.45, 7) is 0. The molecule has 0 heterocycles. The molecule has 26 heavy (non-hydrogen) atoms. The van der Waals surface area contributed by atoms with Gasteiger partial charge in [-0.3, -0.25) is 4.70 Å². The highest BCUT2D eigenvalue weighted by Crippen LogP contribution is 2.35. The van der Waals surface area contributed by atoms with E-state index < -0.39 is 0 Å². The van der Waals surface area contributed by atoms with Gasteiger partial charge in [0.1, 0.15) is 0 Å². The summed E-state index contributed by atoms with van der Waals surface area (Å²) in [5.41, 5.74) is 6.75. The highest BCUT2D eigenvalue weighted by Gasteiger charge is 2.15. The quantitative estimate of drug-likeness (QED) is 0.455. The largest absolute Gasteiger partial charge is 0.269 e. The molecule has 4 rings (SSSR count). The molecule has 3 aromatic carbocycles. The predicted molar refractivity (Wildman–Crippen MR) is 116 cm³/mol. The van der Waals surface area contributed by atoms with E-state index in [1.54, 1.807) is 0 Å². The minimum atomic E-state index is 0. The van der Waals surface area contributed by atoms with Gasteiger partial charge in [0.05, 0.1) is 0 Å². The first kappa shape index (κ1) is 20.3. The van der Waals surface area contributed by atoms with Crippen molar-refractivity contribution in [3.63, 3.8) is 0 Å². The second-order valence-corrected chi connectivity index (χ2v) is 6.87. The van der Waals surface area contributed by atoms with E-state index in [4.69, 9.17) is 0 Å². The maximum Gasteiger partial charge on any atom is -0.0105 e. The molecule has 0 unspecified atom stereocenters. The normalized spacial score (nSPS) is 14.2. The van der Waals surface area contributed by atoms with Crippen LogP contribution in [0.1, 0.15) is 43.6 Å². The molecule has 0 aliphatic heterocycles. The molecule has 0 radical (unpaired) electrons. The monoisotopic (exact) mass is 366 g/mol. The number of hydrogen-bond donors (Lipinski definition) is 0. The molecule has 1 fully saturated rings. The van der Waals surface area contributed by atoms with Gasteiger partial charge >= 0.3 is 0 Å². The standard InChI is InChI=1S/C24H24.FH.H2S/c1-3-9-19(10-4-1)20-15-17-22(18-16-20)24-14-8-7-13-23(24)21-11-5-2-6-12-21;;/h2,5-8,11-19H,1,3-4,9-10H2;1H;1H2. The topological polar surface area (TPSA) is 0 Å². The van der Waals surface area contributed by atoms with Crippen LogP contribution in [0, 0.1) is 0 Å². The molecule has 0 amide bonds. The van der Waals surface area contributed by atoms with Gasteiger partial charge in [0.15, 0.2) is 0 Å². The highest BCUT2D eigenvalue weighted by molar-refractivity contribution is 7.59. The third-order valence-corrected chi connectivity index (χ3v) is 5.31. The first-order valence-corrected chi connectivity index (χ1v) is 9.16. The van der Waals surface area contributed by atoms with Crippen molar-refractivity contribution in [2.75, 3.05) is 0 Å². The minimum Gasteiger partial charge on any atom is -0.269 e. The zero-order valence-corrected chi connectivity index (χ0v) is 16.0. The summed E-state index contributed by atoms with van der Waals surface area (Å²) < 4.78 is 0. The summed E-state index contributed by atoms with van der Waals surface area (Å²) in [5, 5.41) is 0. The van der Waals surface area contributed by atoms with Crippen LogP contribution in [0.5, 0.6) is 0 Å². The van der Waals surface area contributed by atoms with Gasteiger partial charge in [0.2, 0.25) is 0 Å². The minimum absolute atomic E-state index is 0. The molecule has 0 spiro atoms. The van der Waals surface area contributed by atoms with E-state index in [1.807, 2.05) is 0 Å². The van der Waals surface area contributed by atoms with Crippen LogP contribution in [0.25, 0.3) is 22.3 Å². The maximum atomic E-state index is 2.35. The third kappa shape index (κ3) is 4.37. The van der Waals surface area contributed by atoms with E-state index in [0.717, 1.165) is 5.92 Å². The van der Waals surface area contributed by atoms with E-state index >= 15 is 0 Å². The number of hydrogen-bond acceptors (Lipinski definition) is 0. The summed E-state index contributed by atoms with van der Waals surface area (Å²) in [7, 11) is 0.